The Hall–Kier alpha value is -4.04. The van der Waals surface area contributed by atoms with Crippen LogP contribution in [-0.2, 0) is 29.2 Å². The van der Waals surface area contributed by atoms with Gasteiger partial charge in [0.05, 0.1) is 36.0 Å². The lowest BCUT2D eigenvalue weighted by Crippen LogP contribution is -2.35. The van der Waals surface area contributed by atoms with Gasteiger partial charge in [0.15, 0.2) is 5.82 Å². The van der Waals surface area contributed by atoms with E-state index in [1.807, 2.05) is 24.3 Å². The fraction of sp³-hybridized carbons (Fsp3) is 0.364. The first-order valence-corrected chi connectivity index (χ1v) is 16.9. The van der Waals surface area contributed by atoms with E-state index in [-0.39, 0.29) is 18.5 Å². The van der Waals surface area contributed by atoms with Crippen molar-refractivity contribution < 1.29 is 18.7 Å². The number of carbonyl (C=O) groups excluding carboxylic acids is 1. The highest BCUT2D eigenvalue weighted by Crippen LogP contribution is 2.31. The number of H-pyrrole nitrogens is 1. The third kappa shape index (κ3) is 7.43. The Labute approximate surface area is 280 Å². The van der Waals surface area contributed by atoms with Crippen molar-refractivity contribution in [2.24, 2.45) is 5.73 Å². The molecular weight excluding hydrogens is 643 g/mol. The maximum absolute atomic E-state index is 14.2. The average Bonchev–Trinajstić information content (AvgIpc) is 3.66. The molecule has 5 heterocycles. The van der Waals surface area contributed by atoms with Gasteiger partial charge in [-0.25, -0.2) is 19.3 Å². The molecule has 1 amide bonds. The van der Waals surface area contributed by atoms with E-state index in [0.717, 1.165) is 80.2 Å². The van der Waals surface area contributed by atoms with Gasteiger partial charge in [-0.1, -0.05) is 35.5 Å². The standard InChI is InChI=1S/C33H34ClFN8O3S/c34-23-6-4-22(25(35)15-23)18-46-31-3-1-2-26(38-31)20-8-11-42(12-9-20)17-30-37-27-14-21(32-39-33(41-40-32)47-19-29(36)44)5-7-28(27)43(30)16-24-10-13-45-24/h1-7,14-15,20,24H,8-13,16-19H2,(H2,36,44)(H,39,40,41)/t24-/m0/s1. The van der Waals surface area contributed by atoms with Gasteiger partial charge < -0.3 is 19.8 Å². The van der Waals surface area contributed by atoms with E-state index in [9.17, 15) is 9.18 Å². The number of thioether (sulfide) groups is 1. The molecule has 0 radical (unpaired) electrons. The van der Waals surface area contributed by atoms with Crippen LogP contribution in [0.25, 0.3) is 22.4 Å². The summed E-state index contributed by atoms with van der Waals surface area (Å²) in [6.07, 6.45) is 3.14. The van der Waals surface area contributed by atoms with E-state index in [2.05, 4.69) is 30.7 Å². The second-order valence-electron chi connectivity index (χ2n) is 11.8. The fourth-order valence-corrected chi connectivity index (χ4v) is 6.67. The smallest absolute Gasteiger partial charge is 0.227 e. The Morgan fingerprint density at radius 2 is 1.96 bits per heavy atom. The van der Waals surface area contributed by atoms with Crippen molar-refractivity contribution in [3.63, 3.8) is 0 Å². The molecule has 14 heteroatoms. The van der Waals surface area contributed by atoms with Crippen LogP contribution in [0.3, 0.4) is 0 Å². The molecular formula is C33H34ClFN8O3S. The SMILES string of the molecule is NC(=O)CSc1n[nH]c(-c2ccc3c(c2)nc(CN2CCC(c4cccc(OCc5ccc(Cl)cc5F)n4)CC2)n3C[C@@H]2CCO2)n1. The van der Waals surface area contributed by atoms with Crippen LogP contribution in [0.4, 0.5) is 4.39 Å². The summed E-state index contributed by atoms with van der Waals surface area (Å²) in [5, 5.41) is 7.99. The van der Waals surface area contributed by atoms with E-state index >= 15 is 0 Å². The molecule has 0 unspecified atom stereocenters. The summed E-state index contributed by atoms with van der Waals surface area (Å²) in [5.74, 6) is 1.72. The average molecular weight is 677 g/mol. The molecule has 2 aliphatic heterocycles. The molecule has 0 bridgehead atoms. The second-order valence-corrected chi connectivity index (χ2v) is 13.2. The Morgan fingerprint density at radius 1 is 1.11 bits per heavy atom. The van der Waals surface area contributed by atoms with Crippen LogP contribution < -0.4 is 10.5 Å². The van der Waals surface area contributed by atoms with Crippen molar-refractivity contribution in [3.8, 4) is 17.3 Å². The molecule has 2 saturated heterocycles. The molecule has 47 heavy (non-hydrogen) atoms. The molecule has 3 N–H and O–H groups in total. The van der Waals surface area contributed by atoms with Gasteiger partial charge in [-0.15, -0.1) is 5.10 Å². The van der Waals surface area contributed by atoms with Crippen LogP contribution in [0.5, 0.6) is 5.88 Å². The molecule has 1 atom stereocenters. The zero-order chi connectivity index (χ0) is 32.3. The molecule has 2 aliphatic rings. The zero-order valence-corrected chi connectivity index (χ0v) is 27.1. The predicted octanol–water partition coefficient (Wildman–Crippen LogP) is 5.33. The molecule has 0 spiro atoms. The lowest BCUT2D eigenvalue weighted by atomic mass is 9.93. The van der Waals surface area contributed by atoms with Gasteiger partial charge in [0.1, 0.15) is 18.2 Å². The number of rotatable bonds is 12. The third-order valence-electron chi connectivity index (χ3n) is 8.60. The number of nitrogens with zero attached hydrogens (tertiary/aromatic N) is 6. The van der Waals surface area contributed by atoms with E-state index in [0.29, 0.717) is 33.4 Å². The summed E-state index contributed by atoms with van der Waals surface area (Å²) in [5.41, 5.74) is 9.48. The lowest BCUT2D eigenvalue weighted by Gasteiger charge is -2.32. The van der Waals surface area contributed by atoms with Crippen LogP contribution in [0.2, 0.25) is 5.02 Å². The van der Waals surface area contributed by atoms with Crippen molar-refractivity contribution in [1.29, 1.82) is 0 Å². The van der Waals surface area contributed by atoms with Gasteiger partial charge >= 0.3 is 0 Å². The maximum Gasteiger partial charge on any atom is 0.227 e. The van der Waals surface area contributed by atoms with Gasteiger partial charge in [0.25, 0.3) is 0 Å². The van der Waals surface area contributed by atoms with Crippen LogP contribution in [-0.4, -0.2) is 72.1 Å². The monoisotopic (exact) mass is 676 g/mol. The van der Waals surface area contributed by atoms with Crippen molar-refractivity contribution in [1.82, 2.24) is 34.6 Å². The largest absolute Gasteiger partial charge is 0.473 e. The summed E-state index contributed by atoms with van der Waals surface area (Å²) in [7, 11) is 0. The second kappa shape index (κ2) is 14.0. The molecule has 0 saturated carbocycles. The van der Waals surface area contributed by atoms with Crippen LogP contribution >= 0.6 is 23.4 Å². The van der Waals surface area contributed by atoms with Gasteiger partial charge in [0, 0.05) is 40.4 Å². The maximum atomic E-state index is 14.2. The van der Waals surface area contributed by atoms with Crippen molar-refractivity contribution in [2.45, 2.75) is 56.1 Å². The number of imidazole rings is 1. The van der Waals surface area contributed by atoms with Gasteiger partial charge in [-0.05, 0) is 68.8 Å². The van der Waals surface area contributed by atoms with E-state index < -0.39 is 11.7 Å². The number of hydrogen-bond donors (Lipinski definition) is 2. The minimum absolute atomic E-state index is 0.0851. The highest BCUT2D eigenvalue weighted by atomic mass is 35.5. The molecule has 0 aliphatic carbocycles. The molecule has 11 nitrogen and oxygen atoms in total. The first-order chi connectivity index (χ1) is 22.9. The summed E-state index contributed by atoms with van der Waals surface area (Å²) in [6, 6.07) is 16.5. The summed E-state index contributed by atoms with van der Waals surface area (Å²) < 4.78 is 28.1. The Bertz CT molecular complexity index is 1890. The minimum atomic E-state index is -0.416. The van der Waals surface area contributed by atoms with E-state index in [4.69, 9.17) is 36.8 Å². The van der Waals surface area contributed by atoms with Crippen molar-refractivity contribution in [2.75, 3.05) is 25.4 Å². The third-order valence-corrected chi connectivity index (χ3v) is 9.70. The molecule has 244 valence electrons. The van der Waals surface area contributed by atoms with Gasteiger partial charge in [-0.2, -0.15) is 0 Å². The number of carbonyl (C=O) groups is 1. The quantitative estimate of drug-likeness (QED) is 0.168. The number of fused-ring (bicyclic) bond motifs is 1. The van der Waals surface area contributed by atoms with Crippen LogP contribution in [0, 0.1) is 5.82 Å². The number of nitrogens with two attached hydrogens (primary N) is 1. The number of amides is 1. The number of halogens is 2. The van der Waals surface area contributed by atoms with Crippen LogP contribution in [0.1, 0.15) is 42.3 Å². The topological polar surface area (TPSA) is 137 Å². The minimum Gasteiger partial charge on any atom is -0.473 e. The number of benzene rings is 2. The predicted molar refractivity (Wildman–Crippen MR) is 177 cm³/mol. The van der Waals surface area contributed by atoms with E-state index in [1.54, 1.807) is 18.2 Å². The molecule has 5 aromatic rings. The van der Waals surface area contributed by atoms with Crippen LogP contribution in [0.15, 0.2) is 59.8 Å². The first-order valence-electron chi connectivity index (χ1n) is 15.6. The number of hydrogen-bond acceptors (Lipinski definition) is 9. The van der Waals surface area contributed by atoms with Gasteiger partial charge in [-0.3, -0.25) is 14.8 Å². The summed E-state index contributed by atoms with van der Waals surface area (Å²) in [6.45, 7) is 4.18. The Balaban J connectivity index is 1.02. The van der Waals surface area contributed by atoms with Gasteiger partial charge in [0.2, 0.25) is 16.9 Å². The Morgan fingerprint density at radius 3 is 2.72 bits per heavy atom. The van der Waals surface area contributed by atoms with E-state index in [1.165, 1.54) is 17.8 Å². The number of pyridine rings is 1. The molecule has 2 fully saturated rings. The zero-order valence-electron chi connectivity index (χ0n) is 25.6. The number of nitrogens with one attached hydrogen (secondary N) is 1. The number of likely N-dealkylation sites (tertiary alicyclic amines) is 1. The van der Waals surface area contributed by atoms with Crippen molar-refractivity contribution >= 4 is 40.3 Å². The highest BCUT2D eigenvalue weighted by Gasteiger charge is 2.26. The normalized spacial score (nSPS) is 17.2. The lowest BCUT2D eigenvalue weighted by molar-refractivity contribution is -0.115. The number of primary amides is 1. The number of aromatic nitrogens is 6. The molecule has 3 aromatic heterocycles. The first kappa shape index (κ1) is 31.6. The summed E-state index contributed by atoms with van der Waals surface area (Å²) >= 11 is 7.07. The fourth-order valence-electron chi connectivity index (χ4n) is 5.98. The summed E-state index contributed by atoms with van der Waals surface area (Å²) in [4.78, 5) is 27.9. The number of aromatic amines is 1. The highest BCUT2D eigenvalue weighted by molar-refractivity contribution is 7.99. The number of ether oxygens (including phenoxy) is 2. The Kier molecular flexibility index (Phi) is 9.39. The molecule has 2 aromatic carbocycles. The number of piperidine rings is 1. The molecule has 7 rings (SSSR count). The van der Waals surface area contributed by atoms with Crippen molar-refractivity contribution in [3.05, 3.63) is 82.5 Å².